The molecule has 1 N–H and O–H groups in total. The molecule has 0 aliphatic carbocycles. The van der Waals surface area contributed by atoms with Gasteiger partial charge < -0.3 is 10.2 Å². The standard InChI is InChI=1S/C10H20N2O/c1-7(2)9-5-11-10(13)12(6-9)8(3)4/h7-9H,5-6H2,1-4H3,(H,11,13). The number of carbonyl (C=O) groups is 1. The van der Waals surface area contributed by atoms with Gasteiger partial charge in [-0.3, -0.25) is 0 Å². The highest BCUT2D eigenvalue weighted by Crippen LogP contribution is 2.17. The number of rotatable bonds is 2. The second-order valence-corrected chi connectivity index (χ2v) is 4.44. The lowest BCUT2D eigenvalue weighted by atomic mass is 9.93. The summed E-state index contributed by atoms with van der Waals surface area (Å²) in [5.41, 5.74) is 0. The van der Waals surface area contributed by atoms with Crippen LogP contribution in [0.15, 0.2) is 0 Å². The molecule has 0 radical (unpaired) electrons. The van der Waals surface area contributed by atoms with Crippen LogP contribution in [0.4, 0.5) is 4.79 Å². The van der Waals surface area contributed by atoms with Gasteiger partial charge in [0.05, 0.1) is 0 Å². The van der Waals surface area contributed by atoms with Crippen molar-refractivity contribution in [3.63, 3.8) is 0 Å². The highest BCUT2D eigenvalue weighted by molar-refractivity contribution is 5.75. The van der Waals surface area contributed by atoms with Crippen molar-refractivity contribution < 1.29 is 4.79 Å². The number of nitrogens with one attached hydrogen (secondary N) is 1. The number of amides is 2. The number of nitrogens with zero attached hydrogens (tertiary/aromatic N) is 1. The topological polar surface area (TPSA) is 32.3 Å². The van der Waals surface area contributed by atoms with E-state index < -0.39 is 0 Å². The fourth-order valence-electron chi connectivity index (χ4n) is 1.61. The van der Waals surface area contributed by atoms with Crippen molar-refractivity contribution in [2.75, 3.05) is 13.1 Å². The molecule has 3 heteroatoms. The van der Waals surface area contributed by atoms with Crippen molar-refractivity contribution in [1.29, 1.82) is 0 Å². The smallest absolute Gasteiger partial charge is 0.317 e. The second kappa shape index (κ2) is 3.99. The van der Waals surface area contributed by atoms with Crippen molar-refractivity contribution in [3.05, 3.63) is 0 Å². The zero-order valence-corrected chi connectivity index (χ0v) is 9.00. The molecular weight excluding hydrogens is 164 g/mol. The van der Waals surface area contributed by atoms with Crippen LogP contribution in [0.5, 0.6) is 0 Å². The van der Waals surface area contributed by atoms with Crippen LogP contribution in [0, 0.1) is 11.8 Å². The maximum atomic E-state index is 11.4. The summed E-state index contributed by atoms with van der Waals surface area (Å²) in [6.45, 7) is 10.3. The first-order valence-corrected chi connectivity index (χ1v) is 5.06. The van der Waals surface area contributed by atoms with Gasteiger partial charge in [0.25, 0.3) is 0 Å². The van der Waals surface area contributed by atoms with Gasteiger partial charge >= 0.3 is 6.03 Å². The Hall–Kier alpha value is -0.730. The van der Waals surface area contributed by atoms with Gasteiger partial charge in [0.15, 0.2) is 0 Å². The summed E-state index contributed by atoms with van der Waals surface area (Å²) in [4.78, 5) is 13.3. The monoisotopic (exact) mass is 184 g/mol. The van der Waals surface area contributed by atoms with E-state index in [0.717, 1.165) is 13.1 Å². The Morgan fingerprint density at radius 3 is 2.46 bits per heavy atom. The lowest BCUT2D eigenvalue weighted by molar-refractivity contribution is 0.136. The molecule has 1 saturated heterocycles. The quantitative estimate of drug-likeness (QED) is 0.696. The van der Waals surface area contributed by atoms with Crippen molar-refractivity contribution in [1.82, 2.24) is 10.2 Å². The lowest BCUT2D eigenvalue weighted by Crippen LogP contribution is -2.54. The fourth-order valence-corrected chi connectivity index (χ4v) is 1.61. The van der Waals surface area contributed by atoms with Crippen LogP contribution in [-0.2, 0) is 0 Å². The van der Waals surface area contributed by atoms with Gasteiger partial charge in [0.2, 0.25) is 0 Å². The van der Waals surface area contributed by atoms with Crippen LogP contribution in [0.1, 0.15) is 27.7 Å². The van der Waals surface area contributed by atoms with Crippen molar-refractivity contribution in [2.24, 2.45) is 11.8 Å². The molecule has 1 fully saturated rings. The highest BCUT2D eigenvalue weighted by Gasteiger charge is 2.28. The third-order valence-electron chi connectivity index (χ3n) is 2.77. The average Bonchev–Trinajstić information content (AvgIpc) is 2.04. The van der Waals surface area contributed by atoms with Crippen LogP contribution in [-0.4, -0.2) is 30.1 Å². The zero-order valence-electron chi connectivity index (χ0n) is 9.00. The van der Waals surface area contributed by atoms with E-state index in [2.05, 4.69) is 33.0 Å². The first-order valence-electron chi connectivity index (χ1n) is 5.06. The minimum Gasteiger partial charge on any atom is -0.338 e. The zero-order chi connectivity index (χ0) is 10.0. The van der Waals surface area contributed by atoms with E-state index in [1.54, 1.807) is 0 Å². The third kappa shape index (κ3) is 2.36. The molecule has 3 nitrogen and oxygen atoms in total. The first-order chi connectivity index (χ1) is 6.02. The maximum absolute atomic E-state index is 11.4. The van der Waals surface area contributed by atoms with E-state index in [4.69, 9.17) is 0 Å². The molecule has 13 heavy (non-hydrogen) atoms. The molecule has 0 aromatic carbocycles. The van der Waals surface area contributed by atoms with Gasteiger partial charge in [0, 0.05) is 19.1 Å². The Labute approximate surface area is 80.5 Å². The number of hydrogen-bond donors (Lipinski definition) is 1. The van der Waals surface area contributed by atoms with Gasteiger partial charge in [-0.05, 0) is 25.7 Å². The Balaban J connectivity index is 2.58. The Morgan fingerprint density at radius 2 is 2.00 bits per heavy atom. The van der Waals surface area contributed by atoms with E-state index >= 15 is 0 Å². The van der Waals surface area contributed by atoms with Crippen LogP contribution >= 0.6 is 0 Å². The second-order valence-electron chi connectivity index (χ2n) is 4.44. The van der Waals surface area contributed by atoms with E-state index in [-0.39, 0.29) is 6.03 Å². The predicted octanol–water partition coefficient (Wildman–Crippen LogP) is 1.69. The summed E-state index contributed by atoms with van der Waals surface area (Å²) in [5.74, 6) is 1.24. The van der Waals surface area contributed by atoms with Crippen LogP contribution in [0.25, 0.3) is 0 Å². The normalized spacial score (nSPS) is 24.0. The molecule has 0 aromatic heterocycles. The number of hydrogen-bond acceptors (Lipinski definition) is 1. The largest absolute Gasteiger partial charge is 0.338 e. The molecule has 0 bridgehead atoms. The Bertz CT molecular complexity index is 189. The lowest BCUT2D eigenvalue weighted by Gasteiger charge is -2.37. The van der Waals surface area contributed by atoms with Gasteiger partial charge in [-0.25, -0.2) is 4.79 Å². The molecule has 1 atom stereocenters. The van der Waals surface area contributed by atoms with Gasteiger partial charge in [-0.1, -0.05) is 13.8 Å². The van der Waals surface area contributed by atoms with Crippen LogP contribution in [0.3, 0.4) is 0 Å². The average molecular weight is 184 g/mol. The van der Waals surface area contributed by atoms with E-state index in [1.165, 1.54) is 0 Å². The molecular formula is C10H20N2O. The molecule has 1 aliphatic heterocycles. The third-order valence-corrected chi connectivity index (χ3v) is 2.77. The minimum atomic E-state index is 0.0897. The summed E-state index contributed by atoms with van der Waals surface area (Å²) in [7, 11) is 0. The first kappa shape index (κ1) is 10.4. The molecule has 76 valence electrons. The molecule has 0 spiro atoms. The van der Waals surface area contributed by atoms with E-state index in [9.17, 15) is 4.79 Å². The SMILES string of the molecule is CC(C)C1CNC(=O)N(C(C)C)C1. The Morgan fingerprint density at radius 1 is 1.38 bits per heavy atom. The Kier molecular flexibility index (Phi) is 3.17. The van der Waals surface area contributed by atoms with E-state index in [0.29, 0.717) is 17.9 Å². The summed E-state index contributed by atoms with van der Waals surface area (Å²) in [6, 6.07) is 0.397. The molecule has 1 aliphatic rings. The molecule has 1 heterocycles. The number of carbonyl (C=O) groups excluding carboxylic acids is 1. The van der Waals surface area contributed by atoms with Crippen LogP contribution in [0.2, 0.25) is 0 Å². The van der Waals surface area contributed by atoms with Crippen LogP contribution < -0.4 is 5.32 Å². The van der Waals surface area contributed by atoms with Crippen molar-refractivity contribution >= 4 is 6.03 Å². The maximum Gasteiger partial charge on any atom is 0.317 e. The summed E-state index contributed by atoms with van der Waals surface area (Å²) >= 11 is 0. The summed E-state index contributed by atoms with van der Waals surface area (Å²) in [5, 5.41) is 2.93. The molecule has 1 rings (SSSR count). The van der Waals surface area contributed by atoms with E-state index in [1.807, 2.05) is 4.90 Å². The molecule has 0 aromatic rings. The number of urea groups is 1. The predicted molar refractivity (Wildman–Crippen MR) is 53.6 cm³/mol. The fraction of sp³-hybridized carbons (Fsp3) is 0.900. The van der Waals surface area contributed by atoms with Gasteiger partial charge in [-0.15, -0.1) is 0 Å². The van der Waals surface area contributed by atoms with Crippen molar-refractivity contribution in [2.45, 2.75) is 33.7 Å². The highest BCUT2D eigenvalue weighted by atomic mass is 16.2. The summed E-state index contributed by atoms with van der Waals surface area (Å²) < 4.78 is 0. The summed E-state index contributed by atoms with van der Waals surface area (Å²) in [6.07, 6.45) is 0. The molecule has 0 saturated carbocycles. The molecule has 1 unspecified atom stereocenters. The minimum absolute atomic E-state index is 0.0897. The molecule has 2 amide bonds. The van der Waals surface area contributed by atoms with Gasteiger partial charge in [-0.2, -0.15) is 0 Å². The van der Waals surface area contributed by atoms with Gasteiger partial charge in [0.1, 0.15) is 0 Å². The van der Waals surface area contributed by atoms with Crippen molar-refractivity contribution in [3.8, 4) is 0 Å².